The van der Waals surface area contributed by atoms with E-state index in [4.69, 9.17) is 0 Å². The predicted molar refractivity (Wildman–Crippen MR) is 66.2 cm³/mol. The summed E-state index contributed by atoms with van der Waals surface area (Å²) in [7, 11) is -3.36. The molecule has 3 nitrogen and oxygen atoms in total. The van der Waals surface area contributed by atoms with Gasteiger partial charge >= 0.3 is 0 Å². The topological polar surface area (TPSA) is 37.4 Å². The van der Waals surface area contributed by atoms with Gasteiger partial charge in [-0.2, -0.15) is 4.31 Å². The Balaban J connectivity index is 2.35. The minimum absolute atomic E-state index is 0.341. The van der Waals surface area contributed by atoms with Gasteiger partial charge in [0, 0.05) is 17.6 Å². The lowest BCUT2D eigenvalue weighted by Crippen LogP contribution is -2.32. The number of benzene rings is 1. The molecule has 1 aliphatic heterocycles. The van der Waals surface area contributed by atoms with Crippen LogP contribution in [0.25, 0.3) is 0 Å². The monoisotopic (exact) mass is 302 g/mol. The highest BCUT2D eigenvalue weighted by atomic mass is 79.9. The summed E-state index contributed by atoms with van der Waals surface area (Å²) in [6.45, 7) is 2.36. The first kappa shape index (κ1) is 12.1. The van der Waals surface area contributed by atoms with Crippen LogP contribution in [0.3, 0.4) is 0 Å². The SMILES string of the molecule is O=S(=O)(c1ccccc1Br)N1[CH]CCCC1. The van der Waals surface area contributed by atoms with Crippen molar-refractivity contribution in [1.29, 1.82) is 0 Å². The largest absolute Gasteiger partial charge is 0.244 e. The Morgan fingerprint density at radius 1 is 1.19 bits per heavy atom. The first-order valence-electron chi connectivity index (χ1n) is 5.22. The van der Waals surface area contributed by atoms with Gasteiger partial charge in [-0.1, -0.05) is 18.6 Å². The molecule has 1 fully saturated rings. The molecular weight excluding hydrogens is 290 g/mol. The molecule has 1 aromatic rings. The van der Waals surface area contributed by atoms with E-state index < -0.39 is 10.0 Å². The second-order valence-electron chi connectivity index (χ2n) is 3.72. The molecule has 0 spiro atoms. The average molecular weight is 303 g/mol. The summed E-state index contributed by atoms with van der Waals surface area (Å²) in [5.41, 5.74) is 0. The molecule has 0 atom stereocenters. The van der Waals surface area contributed by atoms with Crippen LogP contribution < -0.4 is 0 Å². The Hall–Kier alpha value is -0.390. The Morgan fingerprint density at radius 2 is 1.94 bits per heavy atom. The lowest BCUT2D eigenvalue weighted by atomic mass is 10.2. The van der Waals surface area contributed by atoms with Gasteiger partial charge in [-0.15, -0.1) is 0 Å². The maximum Gasteiger partial charge on any atom is 0.244 e. The summed E-state index contributed by atoms with van der Waals surface area (Å²) >= 11 is 3.28. The van der Waals surface area contributed by atoms with Crippen molar-refractivity contribution in [3.63, 3.8) is 0 Å². The van der Waals surface area contributed by atoms with Gasteiger partial charge in [-0.3, -0.25) is 0 Å². The van der Waals surface area contributed by atoms with E-state index in [9.17, 15) is 8.42 Å². The third-order valence-electron chi connectivity index (χ3n) is 2.59. The van der Waals surface area contributed by atoms with Crippen LogP contribution in [0.1, 0.15) is 19.3 Å². The van der Waals surface area contributed by atoms with Crippen molar-refractivity contribution in [1.82, 2.24) is 4.31 Å². The van der Waals surface area contributed by atoms with E-state index in [0.717, 1.165) is 19.3 Å². The van der Waals surface area contributed by atoms with E-state index in [1.807, 2.05) is 6.07 Å². The number of piperidine rings is 1. The molecule has 0 N–H and O–H groups in total. The van der Waals surface area contributed by atoms with Crippen molar-refractivity contribution in [3.05, 3.63) is 35.3 Å². The molecule has 0 bridgehead atoms. The summed E-state index contributed by atoms with van der Waals surface area (Å²) in [5.74, 6) is 0. The molecule has 1 aliphatic rings. The summed E-state index contributed by atoms with van der Waals surface area (Å²) in [4.78, 5) is 0.341. The van der Waals surface area contributed by atoms with Crippen LogP contribution in [0.5, 0.6) is 0 Å². The Labute approximate surface area is 105 Å². The average Bonchev–Trinajstić information content (AvgIpc) is 2.30. The highest BCUT2D eigenvalue weighted by molar-refractivity contribution is 9.10. The van der Waals surface area contributed by atoms with Gasteiger partial charge < -0.3 is 0 Å². The maximum absolute atomic E-state index is 12.3. The quantitative estimate of drug-likeness (QED) is 0.842. The van der Waals surface area contributed by atoms with Gasteiger partial charge in [0.2, 0.25) is 10.0 Å². The van der Waals surface area contributed by atoms with E-state index >= 15 is 0 Å². The third kappa shape index (κ3) is 2.31. The lowest BCUT2D eigenvalue weighted by Gasteiger charge is -2.25. The third-order valence-corrected chi connectivity index (χ3v) is 5.40. The number of nitrogens with zero attached hydrogens (tertiary/aromatic N) is 1. The molecule has 16 heavy (non-hydrogen) atoms. The fraction of sp³-hybridized carbons (Fsp3) is 0.364. The van der Waals surface area contributed by atoms with E-state index in [-0.39, 0.29) is 0 Å². The van der Waals surface area contributed by atoms with Crippen LogP contribution in [0.2, 0.25) is 0 Å². The Kier molecular flexibility index (Phi) is 3.66. The van der Waals surface area contributed by atoms with Crippen LogP contribution in [0, 0.1) is 6.54 Å². The Bertz CT molecular complexity index is 467. The number of rotatable bonds is 2. The number of sulfonamides is 1. The normalized spacial score (nSPS) is 18.6. The lowest BCUT2D eigenvalue weighted by molar-refractivity contribution is 0.400. The van der Waals surface area contributed by atoms with E-state index in [2.05, 4.69) is 15.9 Å². The molecule has 0 aliphatic carbocycles. The zero-order valence-corrected chi connectivity index (χ0v) is 11.2. The minimum Gasteiger partial charge on any atom is -0.207 e. The fourth-order valence-corrected chi connectivity index (χ4v) is 4.12. The Morgan fingerprint density at radius 3 is 2.56 bits per heavy atom. The van der Waals surface area contributed by atoms with Crippen molar-refractivity contribution >= 4 is 26.0 Å². The number of hydrogen-bond donors (Lipinski definition) is 0. The maximum atomic E-state index is 12.3. The first-order chi connectivity index (χ1) is 7.62. The molecule has 1 saturated heterocycles. The molecule has 0 unspecified atom stereocenters. The summed E-state index contributed by atoms with van der Waals surface area (Å²) in [6, 6.07) is 6.92. The van der Waals surface area contributed by atoms with Crippen LogP contribution in [0.15, 0.2) is 33.6 Å². The molecule has 0 aromatic heterocycles. The molecule has 1 aromatic carbocycles. The van der Waals surface area contributed by atoms with Gasteiger partial charge in [-0.05, 0) is 40.9 Å². The number of hydrogen-bond acceptors (Lipinski definition) is 2. The number of halogens is 1. The van der Waals surface area contributed by atoms with Crippen LogP contribution in [0.4, 0.5) is 0 Å². The smallest absolute Gasteiger partial charge is 0.207 e. The van der Waals surface area contributed by atoms with Crippen molar-refractivity contribution in [2.45, 2.75) is 24.2 Å². The summed E-state index contributed by atoms with van der Waals surface area (Å²) in [6.07, 6.45) is 2.84. The minimum atomic E-state index is -3.36. The zero-order chi connectivity index (χ0) is 11.6. The van der Waals surface area contributed by atoms with Crippen LogP contribution in [-0.2, 0) is 10.0 Å². The van der Waals surface area contributed by atoms with Gasteiger partial charge in [-0.25, -0.2) is 8.42 Å². The molecule has 2 rings (SSSR count). The fourth-order valence-electron chi connectivity index (χ4n) is 1.74. The standard InChI is InChI=1S/C11H13BrNO2S/c12-10-6-2-3-7-11(10)16(14,15)13-8-4-1-5-9-13/h2-3,6-8H,1,4-5,9H2. The van der Waals surface area contributed by atoms with Gasteiger partial charge in [0.05, 0.1) is 4.90 Å². The highest BCUT2D eigenvalue weighted by Crippen LogP contribution is 2.27. The zero-order valence-electron chi connectivity index (χ0n) is 8.77. The van der Waals surface area contributed by atoms with Gasteiger partial charge in [0.25, 0.3) is 0 Å². The second-order valence-corrected chi connectivity index (χ2v) is 6.44. The van der Waals surface area contributed by atoms with Gasteiger partial charge in [0.15, 0.2) is 0 Å². The molecule has 1 heterocycles. The summed E-state index contributed by atoms with van der Waals surface area (Å²) in [5, 5.41) is 0. The highest BCUT2D eigenvalue weighted by Gasteiger charge is 2.27. The van der Waals surface area contributed by atoms with Crippen molar-refractivity contribution in [2.24, 2.45) is 0 Å². The molecule has 87 valence electrons. The van der Waals surface area contributed by atoms with Crippen LogP contribution in [-0.4, -0.2) is 19.3 Å². The van der Waals surface area contributed by atoms with Crippen molar-refractivity contribution < 1.29 is 8.42 Å². The molecule has 0 amide bonds. The molecule has 0 saturated carbocycles. The van der Waals surface area contributed by atoms with Gasteiger partial charge in [0.1, 0.15) is 0 Å². The van der Waals surface area contributed by atoms with E-state index in [1.54, 1.807) is 24.7 Å². The van der Waals surface area contributed by atoms with E-state index in [0.29, 0.717) is 15.9 Å². The predicted octanol–water partition coefficient (Wildman–Crippen LogP) is 2.79. The molecule has 1 radical (unpaired) electrons. The van der Waals surface area contributed by atoms with E-state index in [1.165, 1.54) is 4.31 Å². The molecule has 5 heteroatoms. The summed E-state index contributed by atoms with van der Waals surface area (Å²) < 4.78 is 26.6. The second kappa shape index (κ2) is 4.85. The van der Waals surface area contributed by atoms with Crippen LogP contribution >= 0.6 is 15.9 Å². The van der Waals surface area contributed by atoms with Crippen molar-refractivity contribution in [3.8, 4) is 0 Å². The molecular formula is C11H13BrNO2S. The first-order valence-corrected chi connectivity index (χ1v) is 7.45. The van der Waals surface area contributed by atoms with Crippen molar-refractivity contribution in [2.75, 3.05) is 6.54 Å².